The van der Waals surface area contributed by atoms with Crippen molar-refractivity contribution < 1.29 is 9.21 Å². The predicted molar refractivity (Wildman–Crippen MR) is 98.6 cm³/mol. The third-order valence-electron chi connectivity index (χ3n) is 4.05. The summed E-state index contributed by atoms with van der Waals surface area (Å²) in [5, 5.41) is 5.07. The molecular weight excluding hydrogens is 386 g/mol. The summed E-state index contributed by atoms with van der Waals surface area (Å²) in [6, 6.07) is 6.87. The zero-order valence-corrected chi connectivity index (χ0v) is 15.8. The van der Waals surface area contributed by atoms with Crippen molar-refractivity contribution in [1.29, 1.82) is 0 Å². The van der Waals surface area contributed by atoms with Crippen molar-refractivity contribution in [2.75, 3.05) is 7.05 Å². The molecule has 3 rings (SSSR count). The van der Waals surface area contributed by atoms with E-state index < -0.39 is 5.63 Å². The van der Waals surface area contributed by atoms with Crippen molar-refractivity contribution in [3.63, 3.8) is 0 Å². The largest absolute Gasteiger partial charge is 0.422 e. The summed E-state index contributed by atoms with van der Waals surface area (Å²) in [4.78, 5) is 26.4. The molecule has 7 heteroatoms. The maximum atomic E-state index is 12.7. The van der Waals surface area contributed by atoms with E-state index in [4.69, 9.17) is 4.42 Å². The maximum Gasteiger partial charge on any atom is 0.349 e. The number of halogens is 1. The number of rotatable bonds is 4. The number of fused-ring (bicyclic) bond motifs is 1. The Labute approximate surface area is 153 Å². The predicted octanol–water partition coefficient (Wildman–Crippen LogP) is 3.35. The molecule has 130 valence electrons. The van der Waals surface area contributed by atoms with E-state index in [1.165, 1.54) is 4.90 Å². The Morgan fingerprint density at radius 2 is 2.12 bits per heavy atom. The Morgan fingerprint density at radius 1 is 1.36 bits per heavy atom. The van der Waals surface area contributed by atoms with Crippen LogP contribution in [0.25, 0.3) is 11.0 Å². The van der Waals surface area contributed by atoms with Gasteiger partial charge in [0.2, 0.25) is 0 Å². The fourth-order valence-electron chi connectivity index (χ4n) is 2.65. The molecule has 0 atom stereocenters. The highest BCUT2D eigenvalue weighted by Crippen LogP contribution is 2.20. The number of carbonyl (C=O) groups excluding carboxylic acids is 1. The van der Waals surface area contributed by atoms with Crippen LogP contribution in [0.15, 0.2) is 44.1 Å². The number of amides is 1. The Bertz CT molecular complexity index is 1010. The zero-order valence-electron chi connectivity index (χ0n) is 14.2. The first kappa shape index (κ1) is 17.4. The number of hydrogen-bond acceptors (Lipinski definition) is 4. The molecule has 0 aliphatic heterocycles. The summed E-state index contributed by atoms with van der Waals surface area (Å²) in [5.41, 5.74) is 1.66. The summed E-state index contributed by atoms with van der Waals surface area (Å²) in [7, 11) is 1.66. The summed E-state index contributed by atoms with van der Waals surface area (Å²) in [5.74, 6) is -0.376. The first-order valence-electron chi connectivity index (χ1n) is 7.91. The van der Waals surface area contributed by atoms with Crippen molar-refractivity contribution in [3.8, 4) is 0 Å². The van der Waals surface area contributed by atoms with E-state index in [-0.39, 0.29) is 11.5 Å². The topological polar surface area (TPSA) is 68.3 Å². The molecule has 0 radical (unpaired) electrons. The minimum Gasteiger partial charge on any atom is -0.422 e. The van der Waals surface area contributed by atoms with Gasteiger partial charge in [-0.2, -0.15) is 5.10 Å². The van der Waals surface area contributed by atoms with Crippen LogP contribution in [0.3, 0.4) is 0 Å². The van der Waals surface area contributed by atoms with E-state index in [0.29, 0.717) is 17.5 Å². The number of aryl methyl sites for hydroxylation is 2. The molecule has 0 spiro atoms. The van der Waals surface area contributed by atoms with Gasteiger partial charge in [-0.05, 0) is 38.1 Å². The van der Waals surface area contributed by atoms with E-state index in [9.17, 15) is 9.59 Å². The lowest BCUT2D eigenvalue weighted by atomic mass is 10.1. The fourth-order valence-corrected chi connectivity index (χ4v) is 3.03. The zero-order chi connectivity index (χ0) is 18.1. The number of nitrogens with zero attached hydrogens (tertiary/aromatic N) is 3. The molecule has 0 aliphatic carbocycles. The molecule has 3 aromatic rings. The van der Waals surface area contributed by atoms with Gasteiger partial charge in [-0.25, -0.2) is 4.79 Å². The fraction of sp³-hybridized carbons (Fsp3) is 0.278. The van der Waals surface area contributed by atoms with Crippen molar-refractivity contribution >= 4 is 32.8 Å². The number of aromatic nitrogens is 2. The standard InChI is InChI=1S/C18H18BrN3O3/c1-4-22-10-13(11(2)20-22)9-21(3)17(23)15-8-12-7-14(19)5-6-16(12)25-18(15)24/h5-8,10H,4,9H2,1-3H3. The minimum atomic E-state index is -0.632. The summed E-state index contributed by atoms with van der Waals surface area (Å²) >= 11 is 3.38. The summed E-state index contributed by atoms with van der Waals surface area (Å²) in [6.07, 6.45) is 1.92. The highest BCUT2D eigenvalue weighted by atomic mass is 79.9. The van der Waals surface area contributed by atoms with Gasteiger partial charge >= 0.3 is 5.63 Å². The van der Waals surface area contributed by atoms with E-state index in [1.54, 1.807) is 25.2 Å². The van der Waals surface area contributed by atoms with Crippen LogP contribution in [-0.2, 0) is 13.1 Å². The van der Waals surface area contributed by atoms with Crippen molar-refractivity contribution in [2.45, 2.75) is 26.9 Å². The molecule has 1 aromatic carbocycles. The minimum absolute atomic E-state index is 0.0219. The first-order valence-corrected chi connectivity index (χ1v) is 8.70. The van der Waals surface area contributed by atoms with E-state index in [0.717, 1.165) is 22.3 Å². The Kier molecular flexibility index (Phi) is 4.76. The molecule has 0 bridgehead atoms. The van der Waals surface area contributed by atoms with Gasteiger partial charge in [0.15, 0.2) is 0 Å². The van der Waals surface area contributed by atoms with Crippen molar-refractivity contribution in [1.82, 2.24) is 14.7 Å². The van der Waals surface area contributed by atoms with Crippen LogP contribution >= 0.6 is 15.9 Å². The molecule has 0 saturated heterocycles. The molecule has 2 heterocycles. The van der Waals surface area contributed by atoms with Gasteiger partial charge in [0.1, 0.15) is 11.1 Å². The second-order valence-corrected chi connectivity index (χ2v) is 6.80. The maximum absolute atomic E-state index is 12.7. The lowest BCUT2D eigenvalue weighted by Gasteiger charge is -2.16. The van der Waals surface area contributed by atoms with E-state index >= 15 is 0 Å². The third-order valence-corrected chi connectivity index (χ3v) is 4.54. The highest BCUT2D eigenvalue weighted by Gasteiger charge is 2.19. The molecule has 25 heavy (non-hydrogen) atoms. The number of benzene rings is 1. The van der Waals surface area contributed by atoms with Gasteiger partial charge in [0.05, 0.1) is 5.69 Å². The first-order chi connectivity index (χ1) is 11.9. The Morgan fingerprint density at radius 3 is 2.80 bits per heavy atom. The summed E-state index contributed by atoms with van der Waals surface area (Å²) < 4.78 is 7.95. The van der Waals surface area contributed by atoms with Crippen molar-refractivity contribution in [3.05, 3.63) is 62.2 Å². The highest BCUT2D eigenvalue weighted by molar-refractivity contribution is 9.10. The van der Waals surface area contributed by atoms with Crippen LogP contribution in [0.4, 0.5) is 0 Å². The SMILES string of the molecule is CCn1cc(CN(C)C(=O)c2cc3cc(Br)ccc3oc2=O)c(C)n1. The average Bonchev–Trinajstić information content (AvgIpc) is 2.94. The molecule has 0 N–H and O–H groups in total. The van der Waals surface area contributed by atoms with Gasteiger partial charge in [0, 0.05) is 41.8 Å². The molecule has 1 amide bonds. The number of hydrogen-bond donors (Lipinski definition) is 0. The average molecular weight is 404 g/mol. The van der Waals surface area contributed by atoms with Gasteiger partial charge in [0.25, 0.3) is 5.91 Å². The molecule has 2 aromatic heterocycles. The van der Waals surface area contributed by atoms with Crippen LogP contribution in [-0.4, -0.2) is 27.6 Å². The van der Waals surface area contributed by atoms with Gasteiger partial charge in [-0.3, -0.25) is 9.48 Å². The second kappa shape index (κ2) is 6.84. The van der Waals surface area contributed by atoms with Crippen molar-refractivity contribution in [2.24, 2.45) is 0 Å². The third kappa shape index (κ3) is 3.51. The second-order valence-electron chi connectivity index (χ2n) is 5.89. The van der Waals surface area contributed by atoms with Gasteiger partial charge in [-0.1, -0.05) is 15.9 Å². The quantitative estimate of drug-likeness (QED) is 0.626. The molecule has 0 fully saturated rings. The van der Waals surface area contributed by atoms with Crippen LogP contribution in [0.5, 0.6) is 0 Å². The lowest BCUT2D eigenvalue weighted by molar-refractivity contribution is 0.0781. The molecular formula is C18H18BrN3O3. The van der Waals surface area contributed by atoms with Gasteiger partial charge < -0.3 is 9.32 Å². The van der Waals surface area contributed by atoms with Crippen LogP contribution < -0.4 is 5.63 Å². The lowest BCUT2D eigenvalue weighted by Crippen LogP contribution is -2.30. The summed E-state index contributed by atoms with van der Waals surface area (Å²) in [6.45, 7) is 5.05. The van der Waals surface area contributed by atoms with Crippen LogP contribution in [0, 0.1) is 6.92 Å². The number of carbonyl (C=O) groups is 1. The van der Waals surface area contributed by atoms with E-state index in [1.807, 2.05) is 30.8 Å². The molecule has 0 unspecified atom stereocenters. The van der Waals surface area contributed by atoms with Crippen LogP contribution in [0.2, 0.25) is 0 Å². The molecule has 6 nitrogen and oxygen atoms in total. The van der Waals surface area contributed by atoms with E-state index in [2.05, 4.69) is 21.0 Å². The van der Waals surface area contributed by atoms with Crippen LogP contribution in [0.1, 0.15) is 28.5 Å². The molecule has 0 aliphatic rings. The Balaban J connectivity index is 1.91. The van der Waals surface area contributed by atoms with Gasteiger partial charge in [-0.15, -0.1) is 0 Å². The molecule has 0 saturated carbocycles. The smallest absolute Gasteiger partial charge is 0.349 e. The normalized spacial score (nSPS) is 11.0. The monoisotopic (exact) mass is 403 g/mol. The Hall–Kier alpha value is -2.41.